The van der Waals surface area contributed by atoms with Gasteiger partial charge in [0.1, 0.15) is 0 Å². The van der Waals surface area contributed by atoms with E-state index in [1.807, 2.05) is 6.92 Å². The van der Waals surface area contributed by atoms with Crippen molar-refractivity contribution in [3.05, 3.63) is 24.3 Å². The number of halogens is 1. The van der Waals surface area contributed by atoms with Gasteiger partial charge in [-0.2, -0.15) is 4.72 Å². The summed E-state index contributed by atoms with van der Waals surface area (Å²) in [7, 11) is -3.84. The molecule has 1 aliphatic heterocycles. The van der Waals surface area contributed by atoms with E-state index >= 15 is 0 Å². The van der Waals surface area contributed by atoms with Crippen molar-refractivity contribution in [1.29, 1.82) is 0 Å². The maximum atomic E-state index is 12.4. The second-order valence-electron chi connectivity index (χ2n) is 6.55. The summed E-state index contributed by atoms with van der Waals surface area (Å²) >= 11 is 0. The molecule has 2 amide bonds. The minimum absolute atomic E-state index is 0. The summed E-state index contributed by atoms with van der Waals surface area (Å²) in [6.07, 6.45) is 1.83. The zero-order chi connectivity index (χ0) is 19.3. The van der Waals surface area contributed by atoms with Crippen LogP contribution < -0.4 is 20.7 Å². The van der Waals surface area contributed by atoms with Gasteiger partial charge in [0, 0.05) is 24.7 Å². The van der Waals surface area contributed by atoms with Gasteiger partial charge in [0.2, 0.25) is 21.8 Å². The minimum Gasteiger partial charge on any atom is -0.350 e. The Morgan fingerprint density at radius 2 is 1.85 bits per heavy atom. The van der Waals surface area contributed by atoms with Crippen LogP contribution in [0.15, 0.2) is 29.2 Å². The van der Waals surface area contributed by atoms with E-state index in [2.05, 4.69) is 20.7 Å². The quantitative estimate of drug-likeness (QED) is 0.549. The van der Waals surface area contributed by atoms with Gasteiger partial charge in [0.25, 0.3) is 0 Å². The van der Waals surface area contributed by atoms with Crippen molar-refractivity contribution in [3.8, 4) is 0 Å². The molecule has 1 fully saturated rings. The highest BCUT2D eigenvalue weighted by Crippen LogP contribution is 2.15. The molecule has 0 radical (unpaired) electrons. The number of hydrogen-bond acceptors (Lipinski definition) is 5. The number of sulfonamides is 1. The minimum atomic E-state index is -3.84. The van der Waals surface area contributed by atoms with E-state index in [1.54, 1.807) is 0 Å². The first-order valence-electron chi connectivity index (χ1n) is 8.63. The number of piperidine rings is 1. The summed E-state index contributed by atoms with van der Waals surface area (Å²) < 4.78 is 27.3. The Morgan fingerprint density at radius 1 is 1.22 bits per heavy atom. The topological polar surface area (TPSA) is 116 Å². The maximum Gasteiger partial charge on any atom is 0.241 e. The Balaban J connectivity index is 0.00000364. The standard InChI is InChI=1S/C17H26N4O4S.ClH/c1-11-16(5-4-10-18-11)20-17(23)12(2)21-26(24,25)15-8-6-14(7-9-15)19-13(3)22;/h6-9,11-12,16,18,21H,4-5,10H2,1-3H3,(H,19,22)(H,20,23);1H. The van der Waals surface area contributed by atoms with Crippen LogP contribution in [0.1, 0.15) is 33.6 Å². The van der Waals surface area contributed by atoms with Gasteiger partial charge in [-0.25, -0.2) is 8.42 Å². The van der Waals surface area contributed by atoms with Crippen molar-refractivity contribution in [3.63, 3.8) is 0 Å². The smallest absolute Gasteiger partial charge is 0.241 e. The van der Waals surface area contributed by atoms with Crippen molar-refractivity contribution < 1.29 is 18.0 Å². The van der Waals surface area contributed by atoms with Crippen LogP contribution in [0.3, 0.4) is 0 Å². The Hall–Kier alpha value is -1.68. The van der Waals surface area contributed by atoms with Crippen LogP contribution in [0.25, 0.3) is 0 Å². The molecular formula is C17H27ClN4O4S. The van der Waals surface area contributed by atoms with Crippen LogP contribution in [-0.2, 0) is 19.6 Å². The van der Waals surface area contributed by atoms with Gasteiger partial charge in [-0.1, -0.05) is 0 Å². The summed E-state index contributed by atoms with van der Waals surface area (Å²) in [6, 6.07) is 4.99. The predicted molar refractivity (Wildman–Crippen MR) is 106 cm³/mol. The number of hydrogen-bond donors (Lipinski definition) is 4. The first-order valence-corrected chi connectivity index (χ1v) is 10.1. The van der Waals surface area contributed by atoms with Crippen molar-refractivity contribution in [1.82, 2.24) is 15.4 Å². The van der Waals surface area contributed by atoms with Crippen LogP contribution in [0.4, 0.5) is 5.69 Å². The molecule has 3 unspecified atom stereocenters. The molecule has 0 bridgehead atoms. The lowest BCUT2D eigenvalue weighted by atomic mass is 9.99. The Morgan fingerprint density at radius 3 is 2.41 bits per heavy atom. The lowest BCUT2D eigenvalue weighted by molar-refractivity contribution is -0.123. The molecule has 4 N–H and O–H groups in total. The number of carbonyl (C=O) groups excluding carboxylic acids is 2. The van der Waals surface area contributed by atoms with E-state index in [0.717, 1.165) is 19.4 Å². The molecule has 1 aromatic carbocycles. The van der Waals surface area contributed by atoms with Crippen LogP contribution in [-0.4, -0.2) is 44.9 Å². The predicted octanol–water partition coefficient (Wildman–Crippen LogP) is 0.990. The molecule has 27 heavy (non-hydrogen) atoms. The molecule has 3 atom stereocenters. The molecule has 0 saturated carbocycles. The number of nitrogens with one attached hydrogen (secondary N) is 4. The third kappa shape index (κ3) is 6.76. The van der Waals surface area contributed by atoms with Crippen molar-refractivity contribution >= 4 is 39.9 Å². The average molecular weight is 419 g/mol. The molecule has 8 nitrogen and oxygen atoms in total. The fourth-order valence-corrected chi connectivity index (χ4v) is 4.03. The highest BCUT2D eigenvalue weighted by Gasteiger charge is 2.27. The van der Waals surface area contributed by atoms with E-state index in [1.165, 1.54) is 38.1 Å². The van der Waals surface area contributed by atoms with Crippen LogP contribution in [0.5, 0.6) is 0 Å². The van der Waals surface area contributed by atoms with E-state index in [9.17, 15) is 18.0 Å². The lowest BCUT2D eigenvalue weighted by Gasteiger charge is -2.31. The Kier molecular flexibility index (Phi) is 8.67. The van der Waals surface area contributed by atoms with Gasteiger partial charge in [-0.05, 0) is 57.5 Å². The Bertz CT molecular complexity index is 755. The summed E-state index contributed by atoms with van der Waals surface area (Å²) in [6.45, 7) is 5.80. The lowest BCUT2D eigenvalue weighted by Crippen LogP contribution is -2.55. The molecule has 0 spiro atoms. The normalized spacial score (nSPS) is 20.9. The van der Waals surface area contributed by atoms with Crippen LogP contribution >= 0.6 is 12.4 Å². The molecule has 152 valence electrons. The number of carbonyl (C=O) groups is 2. The first kappa shape index (κ1) is 23.4. The highest BCUT2D eigenvalue weighted by atomic mass is 35.5. The van der Waals surface area contributed by atoms with E-state index in [4.69, 9.17) is 0 Å². The van der Waals surface area contributed by atoms with E-state index in [0.29, 0.717) is 5.69 Å². The monoisotopic (exact) mass is 418 g/mol. The van der Waals surface area contributed by atoms with Crippen LogP contribution in [0, 0.1) is 0 Å². The SMILES string of the molecule is CC(=O)Nc1ccc(S(=O)(=O)NC(C)C(=O)NC2CCCNC2C)cc1.Cl. The van der Waals surface area contributed by atoms with E-state index in [-0.39, 0.29) is 41.2 Å². The molecule has 2 rings (SSSR count). The van der Waals surface area contributed by atoms with Crippen LogP contribution in [0.2, 0.25) is 0 Å². The summed E-state index contributed by atoms with van der Waals surface area (Å²) in [5.41, 5.74) is 0.501. The van der Waals surface area contributed by atoms with Gasteiger partial charge in [0.05, 0.1) is 10.9 Å². The third-order valence-electron chi connectivity index (χ3n) is 4.30. The molecule has 0 aromatic heterocycles. The third-order valence-corrected chi connectivity index (χ3v) is 5.86. The molecule has 1 saturated heterocycles. The molecule has 1 aliphatic rings. The largest absolute Gasteiger partial charge is 0.350 e. The average Bonchev–Trinajstić information content (AvgIpc) is 2.56. The number of amides is 2. The van der Waals surface area contributed by atoms with Gasteiger partial charge in [-0.3, -0.25) is 9.59 Å². The summed E-state index contributed by atoms with van der Waals surface area (Å²) in [5, 5.41) is 8.75. The number of benzene rings is 1. The zero-order valence-corrected chi connectivity index (χ0v) is 17.2. The van der Waals surface area contributed by atoms with Crippen molar-refractivity contribution in [2.45, 2.75) is 56.6 Å². The second kappa shape index (κ2) is 10.0. The fraction of sp³-hybridized carbons (Fsp3) is 0.529. The van der Waals surface area contributed by atoms with E-state index < -0.39 is 16.1 Å². The molecule has 1 aromatic rings. The van der Waals surface area contributed by atoms with Crippen molar-refractivity contribution in [2.75, 3.05) is 11.9 Å². The Labute approximate surface area is 166 Å². The molecule has 10 heteroatoms. The highest BCUT2D eigenvalue weighted by molar-refractivity contribution is 7.89. The van der Waals surface area contributed by atoms with Gasteiger partial charge in [-0.15, -0.1) is 12.4 Å². The molecule has 0 aliphatic carbocycles. The summed E-state index contributed by atoms with van der Waals surface area (Å²) in [4.78, 5) is 23.4. The molecular weight excluding hydrogens is 392 g/mol. The van der Waals surface area contributed by atoms with Gasteiger partial charge < -0.3 is 16.0 Å². The molecule has 1 heterocycles. The number of anilines is 1. The second-order valence-corrected chi connectivity index (χ2v) is 8.26. The maximum absolute atomic E-state index is 12.4. The van der Waals surface area contributed by atoms with Gasteiger partial charge >= 0.3 is 0 Å². The van der Waals surface area contributed by atoms with Gasteiger partial charge in [0.15, 0.2) is 0 Å². The number of rotatable bonds is 6. The fourth-order valence-electron chi connectivity index (χ4n) is 2.82. The zero-order valence-electron chi connectivity index (χ0n) is 15.6. The first-order chi connectivity index (χ1) is 12.2. The summed E-state index contributed by atoms with van der Waals surface area (Å²) in [5.74, 6) is -0.598. The van der Waals surface area contributed by atoms with Crippen molar-refractivity contribution in [2.24, 2.45) is 0 Å².